The Morgan fingerprint density at radius 1 is 1.85 bits per heavy atom. The van der Waals surface area contributed by atoms with E-state index in [1.54, 1.807) is 11.8 Å². The van der Waals surface area contributed by atoms with Gasteiger partial charge in [-0.2, -0.15) is 0 Å². The van der Waals surface area contributed by atoms with Crippen LogP contribution in [0.5, 0.6) is 0 Å². The summed E-state index contributed by atoms with van der Waals surface area (Å²) in [6.07, 6.45) is 0.200. The van der Waals surface area contributed by atoms with E-state index in [0.29, 0.717) is 0 Å². The largest absolute Gasteiger partial charge is 0.447 e. The normalized spacial score (nSPS) is 33.2. The molecule has 1 heterocycles. The van der Waals surface area contributed by atoms with Crippen LogP contribution in [-0.4, -0.2) is 29.5 Å². The fourth-order valence-electron chi connectivity index (χ4n) is 1.13. The smallest absolute Gasteiger partial charge is 0.404 e. The molecule has 0 spiro atoms. The molecule has 2 atom stereocenters. The Morgan fingerprint density at radius 2 is 2.54 bits per heavy atom. The van der Waals surface area contributed by atoms with E-state index in [4.69, 9.17) is 10.5 Å². The van der Waals surface area contributed by atoms with Crippen LogP contribution in [0.3, 0.4) is 0 Å². The maximum atomic E-state index is 10.3. The molecule has 5 heteroatoms. The van der Waals surface area contributed by atoms with Gasteiger partial charge in [-0.15, -0.1) is 11.8 Å². The van der Waals surface area contributed by atoms with E-state index in [2.05, 4.69) is 11.7 Å². The van der Waals surface area contributed by atoms with Gasteiger partial charge in [0.05, 0.1) is 0 Å². The van der Waals surface area contributed by atoms with Crippen molar-refractivity contribution < 1.29 is 14.3 Å². The molecule has 76 valence electrons. The van der Waals surface area contributed by atoms with Crippen molar-refractivity contribution in [3.63, 3.8) is 0 Å². The number of ether oxygens (including phenoxy) is 2. The monoisotopic (exact) mass is 205 g/mol. The quantitative estimate of drug-likeness (QED) is 0.755. The van der Waals surface area contributed by atoms with Crippen LogP contribution in [0.4, 0.5) is 4.79 Å². The van der Waals surface area contributed by atoms with Crippen LogP contribution in [0, 0.1) is 0 Å². The lowest BCUT2D eigenvalue weighted by Crippen LogP contribution is -2.27. The van der Waals surface area contributed by atoms with E-state index < -0.39 is 6.09 Å². The number of carbonyl (C=O) groups excluding carboxylic acids is 1. The van der Waals surface area contributed by atoms with Crippen molar-refractivity contribution in [3.8, 4) is 0 Å². The molecular formula is C8H15NO3S. The highest BCUT2D eigenvalue weighted by molar-refractivity contribution is 8.00. The molecule has 2 N–H and O–H groups in total. The summed E-state index contributed by atoms with van der Waals surface area (Å²) in [5, 5.41) is 0. The van der Waals surface area contributed by atoms with Crippen LogP contribution in [-0.2, 0) is 9.47 Å². The minimum atomic E-state index is -0.737. The van der Waals surface area contributed by atoms with E-state index in [1.807, 2.05) is 6.92 Å². The maximum Gasteiger partial charge on any atom is 0.404 e. The van der Waals surface area contributed by atoms with Crippen molar-refractivity contribution in [1.29, 1.82) is 0 Å². The Bertz CT molecular complexity index is 200. The third-order valence-electron chi connectivity index (χ3n) is 2.04. The number of rotatable bonds is 3. The molecule has 1 aliphatic rings. The first-order chi connectivity index (χ1) is 6.06. The van der Waals surface area contributed by atoms with Gasteiger partial charge in [-0.05, 0) is 13.3 Å². The summed E-state index contributed by atoms with van der Waals surface area (Å²) >= 11 is 1.75. The van der Waals surface area contributed by atoms with Crippen LogP contribution in [0.15, 0.2) is 0 Å². The minimum absolute atomic E-state index is 0.0116. The molecule has 0 aromatic rings. The van der Waals surface area contributed by atoms with E-state index in [9.17, 15) is 4.79 Å². The summed E-state index contributed by atoms with van der Waals surface area (Å²) in [6, 6.07) is 0. The predicted molar refractivity (Wildman–Crippen MR) is 51.6 cm³/mol. The first kappa shape index (κ1) is 10.7. The summed E-state index contributed by atoms with van der Waals surface area (Å²) in [5.74, 6) is 0.859. The summed E-state index contributed by atoms with van der Waals surface area (Å²) in [5.41, 5.74) is 4.85. The van der Waals surface area contributed by atoms with Crippen molar-refractivity contribution >= 4 is 17.9 Å². The van der Waals surface area contributed by atoms with E-state index in [-0.39, 0.29) is 17.6 Å². The Labute approximate surface area is 82.1 Å². The maximum absolute atomic E-state index is 10.3. The Balaban J connectivity index is 2.29. The number of amides is 1. The van der Waals surface area contributed by atoms with Crippen molar-refractivity contribution in [2.45, 2.75) is 31.3 Å². The van der Waals surface area contributed by atoms with Gasteiger partial charge in [0.25, 0.3) is 0 Å². The van der Waals surface area contributed by atoms with Gasteiger partial charge in [0.15, 0.2) is 0 Å². The molecule has 0 bridgehead atoms. The van der Waals surface area contributed by atoms with Crippen LogP contribution in [0.2, 0.25) is 0 Å². The SMILES string of the molecule is CC[C@]1(C)O[C@H](COC(N)=O)CS1. The van der Waals surface area contributed by atoms with Gasteiger partial charge >= 0.3 is 6.09 Å². The van der Waals surface area contributed by atoms with Crippen LogP contribution in [0.1, 0.15) is 20.3 Å². The second-order valence-electron chi connectivity index (χ2n) is 3.17. The van der Waals surface area contributed by atoms with E-state index in [1.165, 1.54) is 0 Å². The zero-order chi connectivity index (χ0) is 9.90. The molecule has 0 aromatic heterocycles. The lowest BCUT2D eigenvalue weighted by Gasteiger charge is -2.21. The lowest BCUT2D eigenvalue weighted by molar-refractivity contribution is -0.0266. The fourth-order valence-corrected chi connectivity index (χ4v) is 2.24. The second kappa shape index (κ2) is 4.19. The molecule has 1 fully saturated rings. The van der Waals surface area contributed by atoms with Crippen molar-refractivity contribution in [2.75, 3.05) is 12.4 Å². The fraction of sp³-hybridized carbons (Fsp3) is 0.875. The molecule has 1 amide bonds. The topological polar surface area (TPSA) is 61.6 Å². The first-order valence-corrected chi connectivity index (χ1v) is 5.28. The van der Waals surface area contributed by atoms with Gasteiger partial charge in [0, 0.05) is 5.75 Å². The molecule has 0 aliphatic carbocycles. The average molecular weight is 205 g/mol. The molecule has 0 unspecified atom stereocenters. The standard InChI is InChI=1S/C8H15NO3S/c1-3-8(2)12-6(5-13-8)4-11-7(9)10/h6H,3-5H2,1-2H3,(H2,9,10)/t6-,8-/m1/s1. The third kappa shape index (κ3) is 3.08. The number of hydrogen-bond acceptors (Lipinski definition) is 4. The molecule has 0 radical (unpaired) electrons. The van der Waals surface area contributed by atoms with Gasteiger partial charge in [-0.3, -0.25) is 0 Å². The number of primary amides is 1. The van der Waals surface area contributed by atoms with E-state index >= 15 is 0 Å². The van der Waals surface area contributed by atoms with Crippen molar-refractivity contribution in [2.24, 2.45) is 5.73 Å². The Hall–Kier alpha value is -0.420. The zero-order valence-corrected chi connectivity index (χ0v) is 8.73. The number of nitrogens with two attached hydrogens (primary N) is 1. The van der Waals surface area contributed by atoms with Crippen molar-refractivity contribution in [1.82, 2.24) is 0 Å². The van der Waals surface area contributed by atoms with Crippen LogP contribution < -0.4 is 5.73 Å². The van der Waals surface area contributed by atoms with Crippen molar-refractivity contribution in [3.05, 3.63) is 0 Å². The molecule has 13 heavy (non-hydrogen) atoms. The summed E-state index contributed by atoms with van der Waals surface area (Å²) in [4.78, 5) is 10.2. The van der Waals surface area contributed by atoms with Gasteiger partial charge in [-0.25, -0.2) is 4.79 Å². The predicted octanol–water partition coefficient (Wildman–Crippen LogP) is 1.34. The van der Waals surface area contributed by atoms with Crippen LogP contribution >= 0.6 is 11.8 Å². The first-order valence-electron chi connectivity index (χ1n) is 4.30. The highest BCUT2D eigenvalue weighted by Gasteiger charge is 2.35. The molecule has 0 saturated carbocycles. The molecule has 0 aromatic carbocycles. The second-order valence-corrected chi connectivity index (χ2v) is 4.65. The van der Waals surface area contributed by atoms with Gasteiger partial charge in [0.1, 0.15) is 17.6 Å². The number of carbonyl (C=O) groups is 1. The molecule has 1 saturated heterocycles. The summed E-state index contributed by atoms with van der Waals surface area (Å²) in [6.45, 7) is 4.38. The summed E-state index contributed by atoms with van der Waals surface area (Å²) < 4.78 is 10.3. The Morgan fingerprint density at radius 3 is 3.00 bits per heavy atom. The summed E-state index contributed by atoms with van der Waals surface area (Å²) in [7, 11) is 0. The minimum Gasteiger partial charge on any atom is -0.447 e. The zero-order valence-electron chi connectivity index (χ0n) is 7.91. The average Bonchev–Trinajstić information content (AvgIpc) is 2.45. The highest BCUT2D eigenvalue weighted by Crippen LogP contribution is 2.38. The van der Waals surface area contributed by atoms with Crippen LogP contribution in [0.25, 0.3) is 0 Å². The lowest BCUT2D eigenvalue weighted by atomic mass is 10.3. The Kier molecular flexibility index (Phi) is 3.44. The molecule has 1 rings (SSSR count). The van der Waals surface area contributed by atoms with Gasteiger partial charge < -0.3 is 15.2 Å². The molecule has 1 aliphatic heterocycles. The van der Waals surface area contributed by atoms with Gasteiger partial charge in [0.2, 0.25) is 0 Å². The molecule has 4 nitrogen and oxygen atoms in total. The molecular weight excluding hydrogens is 190 g/mol. The third-order valence-corrected chi connectivity index (χ3v) is 3.58. The number of thioether (sulfide) groups is 1. The highest BCUT2D eigenvalue weighted by atomic mass is 32.2. The van der Waals surface area contributed by atoms with E-state index in [0.717, 1.165) is 12.2 Å². The number of hydrogen-bond donors (Lipinski definition) is 1. The van der Waals surface area contributed by atoms with Gasteiger partial charge in [-0.1, -0.05) is 6.92 Å².